The number of hydrogen-bond donors (Lipinski definition) is 1. The van der Waals surface area contributed by atoms with Gasteiger partial charge in [0.15, 0.2) is 11.5 Å². The largest absolute Gasteiger partial charge is 0.496 e. The van der Waals surface area contributed by atoms with Crippen molar-refractivity contribution < 1.29 is 23.7 Å². The lowest BCUT2D eigenvalue weighted by Gasteiger charge is -2.16. The van der Waals surface area contributed by atoms with Gasteiger partial charge in [-0.3, -0.25) is 4.79 Å². The van der Waals surface area contributed by atoms with Crippen molar-refractivity contribution in [2.24, 2.45) is 0 Å². The lowest BCUT2D eigenvalue weighted by atomic mass is 10.0. The molecule has 0 spiro atoms. The van der Waals surface area contributed by atoms with Crippen LogP contribution in [0.1, 0.15) is 21.5 Å². The Bertz CT molecular complexity index is 761. The summed E-state index contributed by atoms with van der Waals surface area (Å²) in [4.78, 5) is 12.7. The van der Waals surface area contributed by atoms with Gasteiger partial charge in [-0.1, -0.05) is 6.07 Å². The van der Waals surface area contributed by atoms with Crippen molar-refractivity contribution in [2.45, 2.75) is 13.8 Å². The summed E-state index contributed by atoms with van der Waals surface area (Å²) in [5, 5.41) is 2.85. The summed E-state index contributed by atoms with van der Waals surface area (Å²) >= 11 is 0. The fourth-order valence-corrected chi connectivity index (χ4v) is 2.75. The third-order valence-electron chi connectivity index (χ3n) is 3.79. The van der Waals surface area contributed by atoms with E-state index in [1.54, 1.807) is 25.3 Å². The third-order valence-corrected chi connectivity index (χ3v) is 3.79. The number of anilines is 1. The summed E-state index contributed by atoms with van der Waals surface area (Å²) in [7, 11) is 6.12. The maximum atomic E-state index is 12.7. The minimum atomic E-state index is -0.280. The smallest absolute Gasteiger partial charge is 0.259 e. The molecule has 0 bridgehead atoms. The summed E-state index contributed by atoms with van der Waals surface area (Å²) in [6.45, 7) is 3.84. The molecule has 6 heteroatoms. The minimum Gasteiger partial charge on any atom is -0.496 e. The molecule has 0 fully saturated rings. The van der Waals surface area contributed by atoms with E-state index in [0.717, 1.165) is 11.1 Å². The Kier molecular flexibility index (Phi) is 5.75. The van der Waals surface area contributed by atoms with Crippen LogP contribution in [-0.2, 0) is 0 Å². The van der Waals surface area contributed by atoms with Crippen LogP contribution in [0.4, 0.5) is 5.69 Å². The quantitative estimate of drug-likeness (QED) is 0.867. The van der Waals surface area contributed by atoms with Crippen LogP contribution in [0.2, 0.25) is 0 Å². The van der Waals surface area contributed by atoms with Crippen LogP contribution in [0.15, 0.2) is 24.3 Å². The summed E-state index contributed by atoms with van der Waals surface area (Å²) in [6.07, 6.45) is 0. The number of methoxy groups -OCH3 is 4. The Hall–Kier alpha value is -2.89. The molecule has 2 aromatic carbocycles. The summed E-state index contributed by atoms with van der Waals surface area (Å²) in [5.74, 6) is 1.66. The first kappa shape index (κ1) is 18.4. The lowest BCUT2D eigenvalue weighted by Crippen LogP contribution is -2.14. The molecule has 1 amide bonds. The number of amides is 1. The molecule has 0 aliphatic heterocycles. The molecular formula is C19H23NO5. The predicted octanol–water partition coefficient (Wildman–Crippen LogP) is 3.59. The highest BCUT2D eigenvalue weighted by molar-refractivity contribution is 6.06. The molecule has 2 aromatic rings. The topological polar surface area (TPSA) is 66.0 Å². The van der Waals surface area contributed by atoms with E-state index in [9.17, 15) is 4.79 Å². The van der Waals surface area contributed by atoms with Crippen LogP contribution in [0.3, 0.4) is 0 Å². The van der Waals surface area contributed by atoms with Crippen molar-refractivity contribution in [1.82, 2.24) is 0 Å². The van der Waals surface area contributed by atoms with Gasteiger partial charge in [0.2, 0.25) is 5.75 Å². The van der Waals surface area contributed by atoms with E-state index in [4.69, 9.17) is 18.9 Å². The Balaban J connectivity index is 2.42. The molecule has 25 heavy (non-hydrogen) atoms. The number of carbonyl (C=O) groups excluding carboxylic acids is 1. The van der Waals surface area contributed by atoms with Gasteiger partial charge in [-0.15, -0.1) is 0 Å². The number of benzene rings is 2. The van der Waals surface area contributed by atoms with Gasteiger partial charge in [-0.25, -0.2) is 0 Å². The molecule has 0 radical (unpaired) electrons. The molecule has 0 saturated carbocycles. The van der Waals surface area contributed by atoms with E-state index in [1.165, 1.54) is 21.3 Å². The molecule has 0 aliphatic rings. The van der Waals surface area contributed by atoms with Crippen LogP contribution >= 0.6 is 0 Å². The first-order chi connectivity index (χ1) is 11.9. The zero-order chi connectivity index (χ0) is 18.6. The van der Waals surface area contributed by atoms with Crippen molar-refractivity contribution in [1.29, 1.82) is 0 Å². The number of ether oxygens (including phenoxy) is 4. The Labute approximate surface area is 147 Å². The number of aryl methyl sites for hydroxylation is 2. The van der Waals surface area contributed by atoms with Gasteiger partial charge in [0, 0.05) is 17.8 Å². The molecule has 0 atom stereocenters. The van der Waals surface area contributed by atoms with Crippen molar-refractivity contribution in [2.75, 3.05) is 33.8 Å². The molecule has 1 N–H and O–H groups in total. The normalized spacial score (nSPS) is 10.2. The average molecular weight is 345 g/mol. The number of nitrogens with one attached hydrogen (secondary N) is 1. The Morgan fingerprint density at radius 3 is 1.84 bits per heavy atom. The van der Waals surface area contributed by atoms with E-state index in [-0.39, 0.29) is 5.91 Å². The van der Waals surface area contributed by atoms with Crippen LogP contribution in [0.5, 0.6) is 23.0 Å². The fourth-order valence-electron chi connectivity index (χ4n) is 2.75. The van der Waals surface area contributed by atoms with Crippen molar-refractivity contribution in [3.63, 3.8) is 0 Å². The van der Waals surface area contributed by atoms with Crippen LogP contribution in [0, 0.1) is 13.8 Å². The molecule has 6 nitrogen and oxygen atoms in total. The maximum absolute atomic E-state index is 12.7. The van der Waals surface area contributed by atoms with Crippen LogP contribution < -0.4 is 24.3 Å². The van der Waals surface area contributed by atoms with E-state index in [1.807, 2.05) is 19.9 Å². The highest BCUT2D eigenvalue weighted by atomic mass is 16.5. The second-order valence-electron chi connectivity index (χ2n) is 5.53. The molecule has 2 rings (SSSR count). The third kappa shape index (κ3) is 3.79. The summed E-state index contributed by atoms with van der Waals surface area (Å²) in [5.41, 5.74) is 2.88. The van der Waals surface area contributed by atoms with Gasteiger partial charge in [0.1, 0.15) is 5.75 Å². The van der Waals surface area contributed by atoms with Gasteiger partial charge in [0.25, 0.3) is 5.91 Å². The predicted molar refractivity (Wildman–Crippen MR) is 96.5 cm³/mol. The second kappa shape index (κ2) is 7.79. The lowest BCUT2D eigenvalue weighted by molar-refractivity contribution is 0.102. The first-order valence-electron chi connectivity index (χ1n) is 7.71. The minimum absolute atomic E-state index is 0.280. The standard InChI is InChI=1S/C19H23NO5/c1-11-7-12(2)17(24-5)14(8-11)19(21)20-13-9-15(22-3)18(25-6)16(10-13)23-4/h7-10H,1-6H3,(H,20,21). The monoisotopic (exact) mass is 345 g/mol. The highest BCUT2D eigenvalue weighted by Crippen LogP contribution is 2.40. The summed E-state index contributed by atoms with van der Waals surface area (Å²) < 4.78 is 21.3. The highest BCUT2D eigenvalue weighted by Gasteiger charge is 2.18. The van der Waals surface area contributed by atoms with Crippen LogP contribution in [0.25, 0.3) is 0 Å². The van der Waals surface area contributed by atoms with E-state index in [0.29, 0.717) is 34.2 Å². The first-order valence-corrected chi connectivity index (χ1v) is 7.71. The van der Waals surface area contributed by atoms with E-state index in [2.05, 4.69) is 5.32 Å². The molecule has 0 heterocycles. The van der Waals surface area contributed by atoms with E-state index >= 15 is 0 Å². The van der Waals surface area contributed by atoms with Gasteiger partial charge in [-0.05, 0) is 31.0 Å². The Morgan fingerprint density at radius 1 is 0.800 bits per heavy atom. The molecule has 0 saturated heterocycles. The molecular weight excluding hydrogens is 322 g/mol. The van der Waals surface area contributed by atoms with Crippen molar-refractivity contribution >= 4 is 11.6 Å². The Morgan fingerprint density at radius 2 is 1.36 bits per heavy atom. The molecule has 0 aliphatic carbocycles. The second-order valence-corrected chi connectivity index (χ2v) is 5.53. The van der Waals surface area contributed by atoms with Crippen LogP contribution in [-0.4, -0.2) is 34.3 Å². The van der Waals surface area contributed by atoms with Crippen molar-refractivity contribution in [3.8, 4) is 23.0 Å². The number of carbonyl (C=O) groups is 1. The van der Waals surface area contributed by atoms with Gasteiger partial charge in [0.05, 0.1) is 34.0 Å². The molecule has 0 unspecified atom stereocenters. The van der Waals surface area contributed by atoms with Crippen molar-refractivity contribution in [3.05, 3.63) is 41.0 Å². The number of hydrogen-bond acceptors (Lipinski definition) is 5. The summed E-state index contributed by atoms with van der Waals surface area (Å²) in [6, 6.07) is 7.11. The zero-order valence-electron chi connectivity index (χ0n) is 15.4. The van der Waals surface area contributed by atoms with Gasteiger partial charge in [-0.2, -0.15) is 0 Å². The molecule has 134 valence electrons. The van der Waals surface area contributed by atoms with Gasteiger partial charge >= 0.3 is 0 Å². The fraction of sp³-hybridized carbons (Fsp3) is 0.316. The number of rotatable bonds is 6. The van der Waals surface area contributed by atoms with Gasteiger partial charge < -0.3 is 24.3 Å². The average Bonchev–Trinajstić information content (AvgIpc) is 2.60. The van der Waals surface area contributed by atoms with E-state index < -0.39 is 0 Å². The maximum Gasteiger partial charge on any atom is 0.259 e. The zero-order valence-corrected chi connectivity index (χ0v) is 15.4. The molecule has 0 aromatic heterocycles. The SMILES string of the molecule is COc1cc(NC(=O)c2cc(C)cc(C)c2OC)cc(OC)c1OC.